The molecule has 98 heavy (non-hydrogen) atoms. The fraction of sp³-hybridized carbons (Fsp3) is 0.949. The lowest BCUT2D eigenvalue weighted by Gasteiger charge is -2.21. The fourth-order valence-electron chi connectivity index (χ4n) is 12.1. The van der Waals surface area contributed by atoms with Gasteiger partial charge < -0.3 is 33.8 Å². The molecule has 0 spiro atoms. The van der Waals surface area contributed by atoms with Crippen LogP contribution in [0.15, 0.2) is 0 Å². The van der Waals surface area contributed by atoms with E-state index in [-0.39, 0.29) is 25.7 Å². The second kappa shape index (κ2) is 69.4. The van der Waals surface area contributed by atoms with E-state index in [1.165, 1.54) is 212 Å². The molecule has 3 N–H and O–H groups in total. The van der Waals surface area contributed by atoms with Gasteiger partial charge >= 0.3 is 39.5 Å². The van der Waals surface area contributed by atoms with Crippen LogP contribution in [0.4, 0.5) is 0 Å². The highest BCUT2D eigenvalue weighted by molar-refractivity contribution is 7.47. The summed E-state index contributed by atoms with van der Waals surface area (Å²) < 4.78 is 68.6. The maximum absolute atomic E-state index is 13.1. The molecule has 0 rings (SSSR count). The van der Waals surface area contributed by atoms with Crippen LogP contribution in [-0.4, -0.2) is 96.7 Å². The van der Waals surface area contributed by atoms with E-state index < -0.39 is 97.5 Å². The van der Waals surface area contributed by atoms with Gasteiger partial charge in [-0.25, -0.2) is 9.13 Å². The van der Waals surface area contributed by atoms with Gasteiger partial charge in [-0.05, 0) is 43.4 Å². The predicted molar refractivity (Wildman–Crippen MR) is 400 cm³/mol. The summed E-state index contributed by atoms with van der Waals surface area (Å²) in [6, 6.07) is 0. The molecule has 0 amide bonds. The number of carbonyl (C=O) groups excluding carboxylic acids is 4. The number of phosphoric acid groups is 2. The summed E-state index contributed by atoms with van der Waals surface area (Å²) in [5.74, 6) is 0.261. The van der Waals surface area contributed by atoms with Gasteiger partial charge in [0.25, 0.3) is 0 Å². The molecule has 4 unspecified atom stereocenters. The maximum Gasteiger partial charge on any atom is 0.472 e. The van der Waals surface area contributed by atoms with Crippen molar-refractivity contribution < 1.29 is 80.2 Å². The minimum Gasteiger partial charge on any atom is -0.462 e. The number of unbranched alkanes of at least 4 members (excludes halogenated alkanes) is 43. The molecule has 0 saturated carbocycles. The molecule has 0 fully saturated rings. The van der Waals surface area contributed by atoms with E-state index in [0.29, 0.717) is 31.6 Å². The monoisotopic (exact) mass is 1440 g/mol. The molecule has 0 aromatic carbocycles. The zero-order valence-corrected chi connectivity index (χ0v) is 66.0. The number of aliphatic hydroxyl groups excluding tert-OH is 1. The Morgan fingerprint density at radius 2 is 0.520 bits per heavy atom. The van der Waals surface area contributed by atoms with Gasteiger partial charge in [-0.15, -0.1) is 0 Å². The standard InChI is InChI=1S/C79H154O17P2/c1-8-11-12-13-14-15-16-21-29-34-39-48-55-62-79(84)96-75(67-90-77(82)61-54-47-42-41-43-50-57-70(4)5)69-94-98(87,88)92-65-73(80)64-91-97(85,86)93-68-74(95-78(83)63-56-49-40-35-30-25-20-18-23-27-32-37-45-52-59-72(7)10-3)66-89-76(81)60-53-46-38-33-28-24-19-17-22-26-31-36-44-51-58-71(6)9-2/h70-75,80H,8-69H2,1-7H3,(H,85,86)(H,87,88)/t71?,72?,73-,74-,75-/m1/s1. The van der Waals surface area contributed by atoms with Crippen molar-refractivity contribution in [3.8, 4) is 0 Å². The summed E-state index contributed by atoms with van der Waals surface area (Å²) in [4.78, 5) is 72.9. The smallest absolute Gasteiger partial charge is 0.462 e. The second-order valence-corrected chi connectivity index (χ2v) is 32.3. The maximum atomic E-state index is 13.1. The zero-order valence-electron chi connectivity index (χ0n) is 64.3. The molecule has 0 heterocycles. The van der Waals surface area contributed by atoms with Gasteiger partial charge in [-0.1, -0.05) is 357 Å². The second-order valence-electron chi connectivity index (χ2n) is 29.4. The average Bonchev–Trinajstić information content (AvgIpc) is 1.01. The van der Waals surface area contributed by atoms with Crippen molar-refractivity contribution in [1.29, 1.82) is 0 Å². The van der Waals surface area contributed by atoms with Crippen molar-refractivity contribution in [3.63, 3.8) is 0 Å². The Kier molecular flexibility index (Phi) is 68.1. The first-order chi connectivity index (χ1) is 47.3. The Morgan fingerprint density at radius 1 is 0.296 bits per heavy atom. The van der Waals surface area contributed by atoms with Crippen LogP contribution in [-0.2, 0) is 65.4 Å². The van der Waals surface area contributed by atoms with Crippen LogP contribution in [0.5, 0.6) is 0 Å². The summed E-state index contributed by atoms with van der Waals surface area (Å²) in [6.07, 6.45) is 56.8. The van der Waals surface area contributed by atoms with E-state index >= 15 is 0 Å². The Morgan fingerprint density at radius 3 is 0.776 bits per heavy atom. The van der Waals surface area contributed by atoms with E-state index in [4.69, 9.17) is 37.0 Å². The molecule has 0 aliphatic rings. The molecule has 17 nitrogen and oxygen atoms in total. The number of hydrogen-bond acceptors (Lipinski definition) is 15. The minimum atomic E-state index is -4.96. The Balaban J connectivity index is 5.23. The highest BCUT2D eigenvalue weighted by Gasteiger charge is 2.30. The lowest BCUT2D eigenvalue weighted by molar-refractivity contribution is -0.161. The van der Waals surface area contributed by atoms with Crippen LogP contribution in [0.3, 0.4) is 0 Å². The van der Waals surface area contributed by atoms with Crippen LogP contribution < -0.4 is 0 Å². The van der Waals surface area contributed by atoms with Gasteiger partial charge in [-0.2, -0.15) is 0 Å². The van der Waals surface area contributed by atoms with E-state index in [1.54, 1.807) is 0 Å². The number of carbonyl (C=O) groups is 4. The Bertz CT molecular complexity index is 1910. The van der Waals surface area contributed by atoms with Crippen molar-refractivity contribution in [2.75, 3.05) is 39.6 Å². The number of phosphoric ester groups is 2. The van der Waals surface area contributed by atoms with Gasteiger partial charge in [0.05, 0.1) is 26.4 Å². The van der Waals surface area contributed by atoms with Crippen molar-refractivity contribution in [2.24, 2.45) is 17.8 Å². The summed E-state index contributed by atoms with van der Waals surface area (Å²) in [5.41, 5.74) is 0. The van der Waals surface area contributed by atoms with Gasteiger partial charge in [0.1, 0.15) is 19.3 Å². The molecule has 0 saturated heterocycles. The molecule has 0 aliphatic carbocycles. The van der Waals surface area contributed by atoms with Gasteiger partial charge in [0, 0.05) is 25.7 Å². The summed E-state index contributed by atoms with van der Waals surface area (Å²) >= 11 is 0. The largest absolute Gasteiger partial charge is 0.472 e. The number of ether oxygens (including phenoxy) is 4. The molecule has 582 valence electrons. The lowest BCUT2D eigenvalue weighted by Crippen LogP contribution is -2.30. The van der Waals surface area contributed by atoms with Crippen LogP contribution in [0.25, 0.3) is 0 Å². The summed E-state index contributed by atoms with van der Waals surface area (Å²) in [5, 5.41) is 10.6. The molecular formula is C79H154O17P2. The molecule has 0 radical (unpaired) electrons. The van der Waals surface area contributed by atoms with Crippen LogP contribution in [0, 0.1) is 17.8 Å². The van der Waals surface area contributed by atoms with Crippen molar-refractivity contribution in [1.82, 2.24) is 0 Å². The first kappa shape index (κ1) is 96.1. The number of hydrogen-bond donors (Lipinski definition) is 3. The Hall–Kier alpha value is -1.94. The van der Waals surface area contributed by atoms with E-state index in [9.17, 15) is 43.2 Å². The van der Waals surface area contributed by atoms with Crippen molar-refractivity contribution >= 4 is 39.5 Å². The number of rotatable bonds is 77. The molecule has 19 heteroatoms. The number of aliphatic hydroxyl groups is 1. The highest BCUT2D eigenvalue weighted by atomic mass is 31.2. The van der Waals surface area contributed by atoms with E-state index in [2.05, 4.69) is 48.5 Å². The number of esters is 4. The quantitative estimate of drug-likeness (QED) is 0.0222. The predicted octanol–water partition coefficient (Wildman–Crippen LogP) is 23.4. The zero-order chi connectivity index (χ0) is 72.3. The molecule has 0 aromatic heterocycles. The summed E-state index contributed by atoms with van der Waals surface area (Å²) in [7, 11) is -9.92. The third-order valence-corrected chi connectivity index (χ3v) is 21.0. The van der Waals surface area contributed by atoms with Gasteiger partial charge in [-0.3, -0.25) is 37.3 Å². The SMILES string of the molecule is CCCCCCCCCCCCCCCC(=O)O[C@H](COC(=O)CCCCCCCCC(C)C)COP(=O)(O)OC[C@H](O)COP(=O)(O)OC[C@@H](COC(=O)CCCCCCCCCCCCCCCCC(C)CC)OC(=O)CCCCCCCCCCCCCCCCC(C)CC. The summed E-state index contributed by atoms with van der Waals surface area (Å²) in [6.45, 7) is 12.0. The molecular weight excluding hydrogens is 1280 g/mol. The molecule has 0 aliphatic heterocycles. The van der Waals surface area contributed by atoms with Crippen molar-refractivity contribution in [2.45, 2.75) is 426 Å². The normalized spacial score (nSPS) is 14.6. The first-order valence-corrected chi connectivity index (χ1v) is 43.9. The topological polar surface area (TPSA) is 237 Å². The third-order valence-electron chi connectivity index (χ3n) is 19.1. The first-order valence-electron chi connectivity index (χ1n) is 40.9. The Labute approximate surface area is 600 Å². The van der Waals surface area contributed by atoms with Crippen LogP contribution in [0.1, 0.15) is 408 Å². The minimum absolute atomic E-state index is 0.106. The van der Waals surface area contributed by atoms with Gasteiger partial charge in [0.15, 0.2) is 12.2 Å². The fourth-order valence-corrected chi connectivity index (χ4v) is 13.6. The van der Waals surface area contributed by atoms with Gasteiger partial charge in [0.2, 0.25) is 0 Å². The molecule has 7 atom stereocenters. The van der Waals surface area contributed by atoms with E-state index in [1.807, 2.05) is 0 Å². The van der Waals surface area contributed by atoms with Crippen molar-refractivity contribution in [3.05, 3.63) is 0 Å². The molecule has 0 bridgehead atoms. The van der Waals surface area contributed by atoms with Crippen LogP contribution in [0.2, 0.25) is 0 Å². The average molecular weight is 1440 g/mol. The molecule has 0 aromatic rings. The third kappa shape index (κ3) is 69.8. The van der Waals surface area contributed by atoms with E-state index in [0.717, 1.165) is 108 Å². The highest BCUT2D eigenvalue weighted by Crippen LogP contribution is 2.45. The van der Waals surface area contributed by atoms with Crippen LogP contribution >= 0.6 is 15.6 Å². The lowest BCUT2D eigenvalue weighted by atomic mass is 9.99.